The zero-order valence-electron chi connectivity index (χ0n) is 8.95. The molecule has 14 heavy (non-hydrogen) atoms. The van der Waals surface area contributed by atoms with Crippen LogP contribution in [-0.4, -0.2) is 39.9 Å². The summed E-state index contributed by atoms with van der Waals surface area (Å²) in [4.78, 5) is 10.5. The van der Waals surface area contributed by atoms with E-state index in [2.05, 4.69) is 5.32 Å². The molecule has 0 aliphatic heterocycles. The third-order valence-electron chi connectivity index (χ3n) is 2.03. The molecule has 4 nitrogen and oxygen atoms in total. The highest BCUT2D eigenvalue weighted by Crippen LogP contribution is 1.96. The molecule has 0 rings (SSSR count). The van der Waals surface area contributed by atoms with Crippen LogP contribution in [0.25, 0.3) is 0 Å². The van der Waals surface area contributed by atoms with Crippen LogP contribution in [-0.2, 0) is 15.6 Å². The summed E-state index contributed by atoms with van der Waals surface area (Å²) < 4.78 is 10.8. The van der Waals surface area contributed by atoms with Gasteiger partial charge in [0.2, 0.25) is 0 Å². The molecule has 84 valence electrons. The minimum Gasteiger partial charge on any atom is -0.481 e. The zero-order chi connectivity index (χ0) is 11.1. The zero-order valence-corrected chi connectivity index (χ0v) is 9.76. The van der Waals surface area contributed by atoms with Crippen molar-refractivity contribution in [3.63, 3.8) is 0 Å². The molecule has 2 N–H and O–H groups in total. The largest absolute Gasteiger partial charge is 0.481 e. The molecule has 0 spiro atoms. The summed E-state index contributed by atoms with van der Waals surface area (Å²) in [5, 5.41) is 11.7. The van der Waals surface area contributed by atoms with Crippen molar-refractivity contribution in [2.45, 2.75) is 26.3 Å². The molecule has 3 atom stereocenters. The van der Waals surface area contributed by atoms with Gasteiger partial charge in [0.1, 0.15) is 0 Å². The van der Waals surface area contributed by atoms with Crippen molar-refractivity contribution < 1.29 is 14.1 Å². The molecule has 0 heterocycles. The molecule has 0 saturated carbocycles. The Kier molecular flexibility index (Phi) is 6.74. The van der Waals surface area contributed by atoms with Crippen molar-refractivity contribution in [3.05, 3.63) is 0 Å². The number of carbonyl (C=O) groups is 1. The summed E-state index contributed by atoms with van der Waals surface area (Å²) >= 11 is 0. The van der Waals surface area contributed by atoms with Crippen molar-refractivity contribution in [1.29, 1.82) is 0 Å². The number of hydrogen-bond donors (Lipinski definition) is 2. The van der Waals surface area contributed by atoms with Crippen LogP contribution in [0.4, 0.5) is 0 Å². The van der Waals surface area contributed by atoms with Gasteiger partial charge >= 0.3 is 5.97 Å². The van der Waals surface area contributed by atoms with Gasteiger partial charge in [-0.1, -0.05) is 6.92 Å². The highest BCUT2D eigenvalue weighted by molar-refractivity contribution is 7.84. The maximum absolute atomic E-state index is 10.8. The number of carboxylic acids is 1. The van der Waals surface area contributed by atoms with Gasteiger partial charge in [-0.05, 0) is 13.3 Å². The molecule has 0 aromatic carbocycles. The number of carboxylic acid groups (broad SMARTS) is 1. The van der Waals surface area contributed by atoms with Gasteiger partial charge in [-0.15, -0.1) is 0 Å². The predicted molar refractivity (Wildman–Crippen MR) is 57.8 cm³/mol. The van der Waals surface area contributed by atoms with Crippen LogP contribution in [0.3, 0.4) is 0 Å². The molecule has 0 saturated heterocycles. The van der Waals surface area contributed by atoms with E-state index in [1.165, 1.54) is 0 Å². The number of nitrogens with one attached hydrogen (secondary N) is 1. The average Bonchev–Trinajstić information content (AvgIpc) is 2.10. The molecule has 0 fully saturated rings. The van der Waals surface area contributed by atoms with E-state index in [4.69, 9.17) is 5.11 Å². The van der Waals surface area contributed by atoms with E-state index < -0.39 is 16.8 Å². The smallest absolute Gasteiger partial charge is 0.307 e. The second-order valence-electron chi connectivity index (χ2n) is 3.61. The normalized spacial score (nSPS) is 17.4. The van der Waals surface area contributed by atoms with Crippen LogP contribution in [0, 0.1) is 5.92 Å². The Morgan fingerprint density at radius 2 is 2.07 bits per heavy atom. The lowest BCUT2D eigenvalue weighted by molar-refractivity contribution is -0.140. The summed E-state index contributed by atoms with van der Waals surface area (Å²) in [6, 6.07) is 0.223. The second-order valence-corrected chi connectivity index (χ2v) is 5.17. The maximum Gasteiger partial charge on any atom is 0.307 e. The molecule has 0 aliphatic carbocycles. The lowest BCUT2D eigenvalue weighted by atomic mass is 10.1. The van der Waals surface area contributed by atoms with Crippen molar-refractivity contribution in [2.75, 3.05) is 18.6 Å². The van der Waals surface area contributed by atoms with E-state index in [1.807, 2.05) is 6.92 Å². The van der Waals surface area contributed by atoms with E-state index >= 15 is 0 Å². The Hall–Kier alpha value is -0.420. The summed E-state index contributed by atoms with van der Waals surface area (Å²) in [6.45, 7) is 4.11. The Labute approximate surface area is 87.5 Å². The summed E-state index contributed by atoms with van der Waals surface area (Å²) in [6.07, 6.45) is 2.49. The minimum atomic E-state index is -0.788. The lowest BCUT2D eigenvalue weighted by Gasteiger charge is -2.14. The van der Waals surface area contributed by atoms with Crippen molar-refractivity contribution in [3.8, 4) is 0 Å². The van der Waals surface area contributed by atoms with Crippen LogP contribution in [0.2, 0.25) is 0 Å². The van der Waals surface area contributed by atoms with Gasteiger partial charge < -0.3 is 10.4 Å². The van der Waals surface area contributed by atoms with Crippen LogP contribution in [0.5, 0.6) is 0 Å². The van der Waals surface area contributed by atoms with Gasteiger partial charge in [-0.25, -0.2) is 0 Å². The standard InChI is InChI=1S/C9H19NO3S/c1-7(9(11)12)6-10-8(2)4-5-14(3)13/h7-8,10H,4-6H2,1-3H3,(H,11,12). The number of rotatable bonds is 7. The van der Waals surface area contributed by atoms with Gasteiger partial charge in [-0.3, -0.25) is 9.00 Å². The quantitative estimate of drug-likeness (QED) is 0.655. The van der Waals surface area contributed by atoms with Gasteiger partial charge in [0.15, 0.2) is 0 Å². The SMILES string of the molecule is CC(CCS(C)=O)NCC(C)C(=O)O. The third kappa shape index (κ3) is 7.03. The van der Waals surface area contributed by atoms with E-state index in [0.29, 0.717) is 12.3 Å². The molecular formula is C9H19NO3S. The maximum atomic E-state index is 10.8. The highest BCUT2D eigenvalue weighted by Gasteiger charge is 2.11. The molecule has 0 radical (unpaired) electrons. The molecule has 0 aromatic rings. The Balaban J connectivity index is 3.58. The van der Waals surface area contributed by atoms with E-state index in [9.17, 15) is 9.00 Å². The first-order chi connectivity index (χ1) is 6.43. The number of aliphatic carboxylic acids is 1. The molecule has 3 unspecified atom stereocenters. The van der Waals surface area contributed by atoms with E-state index in [-0.39, 0.29) is 12.0 Å². The van der Waals surface area contributed by atoms with Gasteiger partial charge in [-0.2, -0.15) is 0 Å². The minimum absolute atomic E-state index is 0.223. The fourth-order valence-electron chi connectivity index (χ4n) is 0.910. The lowest BCUT2D eigenvalue weighted by Crippen LogP contribution is -2.33. The molecule has 0 aromatic heterocycles. The first-order valence-electron chi connectivity index (χ1n) is 4.69. The summed E-state index contributed by atoms with van der Waals surface area (Å²) in [5.41, 5.74) is 0. The highest BCUT2D eigenvalue weighted by atomic mass is 32.2. The van der Waals surface area contributed by atoms with Crippen molar-refractivity contribution in [2.24, 2.45) is 5.92 Å². The Morgan fingerprint density at radius 3 is 2.50 bits per heavy atom. The second kappa shape index (κ2) is 6.95. The molecule has 0 aliphatic rings. The summed E-state index contributed by atoms with van der Waals surface area (Å²) in [7, 11) is -0.766. The van der Waals surface area contributed by atoms with Crippen LogP contribution >= 0.6 is 0 Å². The molecule has 5 heteroatoms. The van der Waals surface area contributed by atoms with Crippen LogP contribution < -0.4 is 5.32 Å². The van der Waals surface area contributed by atoms with Crippen LogP contribution in [0.1, 0.15) is 20.3 Å². The third-order valence-corrected chi connectivity index (χ3v) is 2.84. The Morgan fingerprint density at radius 1 is 1.50 bits per heavy atom. The van der Waals surface area contributed by atoms with E-state index in [1.54, 1.807) is 13.2 Å². The fraction of sp³-hybridized carbons (Fsp3) is 0.889. The topological polar surface area (TPSA) is 66.4 Å². The monoisotopic (exact) mass is 221 g/mol. The van der Waals surface area contributed by atoms with Gasteiger partial charge in [0, 0.05) is 35.4 Å². The fourth-order valence-corrected chi connectivity index (χ4v) is 1.60. The van der Waals surface area contributed by atoms with Crippen molar-refractivity contribution in [1.82, 2.24) is 5.32 Å². The Bertz CT molecular complexity index is 208. The molecule has 0 amide bonds. The first-order valence-corrected chi connectivity index (χ1v) is 6.42. The molecular weight excluding hydrogens is 202 g/mol. The first kappa shape index (κ1) is 13.6. The van der Waals surface area contributed by atoms with Gasteiger partial charge in [0.05, 0.1) is 5.92 Å². The van der Waals surface area contributed by atoms with Gasteiger partial charge in [0.25, 0.3) is 0 Å². The number of hydrogen-bond acceptors (Lipinski definition) is 3. The average molecular weight is 221 g/mol. The predicted octanol–water partition coefficient (Wildman–Crippen LogP) is 0.454. The van der Waals surface area contributed by atoms with Crippen LogP contribution in [0.15, 0.2) is 0 Å². The summed E-state index contributed by atoms with van der Waals surface area (Å²) in [5.74, 6) is -0.497. The molecule has 0 bridgehead atoms. The van der Waals surface area contributed by atoms with E-state index in [0.717, 1.165) is 6.42 Å². The van der Waals surface area contributed by atoms with Crippen molar-refractivity contribution >= 4 is 16.8 Å².